The Hall–Kier alpha value is -1.78. The molecule has 0 aromatic heterocycles. The van der Waals surface area contributed by atoms with Crippen molar-refractivity contribution in [1.29, 1.82) is 0 Å². The number of halogens is 3. The molecule has 0 aliphatic rings. The first-order valence-corrected chi connectivity index (χ1v) is 6.09. The van der Waals surface area contributed by atoms with Crippen LogP contribution in [0.25, 0.3) is 0 Å². The van der Waals surface area contributed by atoms with Gasteiger partial charge in [-0.2, -0.15) is 0 Å². The van der Waals surface area contributed by atoms with Crippen LogP contribution in [0.5, 0.6) is 0 Å². The van der Waals surface area contributed by atoms with Crippen molar-refractivity contribution in [2.45, 2.75) is 0 Å². The molecule has 0 spiro atoms. The molecule has 0 radical (unpaired) electrons. The second-order valence-corrected chi connectivity index (χ2v) is 4.53. The average Bonchev–Trinajstić information content (AvgIpc) is 2.34. The van der Waals surface area contributed by atoms with Crippen molar-refractivity contribution in [1.82, 2.24) is 0 Å². The van der Waals surface area contributed by atoms with Crippen LogP contribution in [0.15, 0.2) is 42.5 Å². The quantitative estimate of drug-likeness (QED) is 0.823. The molecule has 2 N–H and O–H groups in total. The first-order valence-electron chi connectivity index (χ1n) is 5.33. The summed E-state index contributed by atoms with van der Waals surface area (Å²) in [7, 11) is 0. The predicted molar refractivity (Wildman–Crippen MR) is 75.5 cm³/mol. The summed E-state index contributed by atoms with van der Waals surface area (Å²) in [6.07, 6.45) is 0. The van der Waals surface area contributed by atoms with Crippen LogP contribution in [0, 0.1) is 5.82 Å². The number of urea groups is 1. The van der Waals surface area contributed by atoms with Gasteiger partial charge in [-0.15, -0.1) is 0 Å². The van der Waals surface area contributed by atoms with E-state index in [1.54, 1.807) is 18.2 Å². The molecule has 2 aromatic rings. The SMILES string of the molecule is O=C(Nc1cccc(F)c1)Nc1ccc(Cl)c(Cl)c1. The summed E-state index contributed by atoms with van der Waals surface area (Å²) in [5, 5.41) is 5.80. The van der Waals surface area contributed by atoms with Crippen molar-refractivity contribution >= 4 is 40.6 Å². The Morgan fingerprint density at radius 1 is 0.947 bits per heavy atom. The van der Waals surface area contributed by atoms with Crippen molar-refractivity contribution in [3.05, 3.63) is 58.3 Å². The Bertz CT molecular complexity index is 619. The third kappa shape index (κ3) is 3.84. The van der Waals surface area contributed by atoms with Crippen molar-refractivity contribution < 1.29 is 9.18 Å². The van der Waals surface area contributed by atoms with E-state index in [0.717, 1.165) is 0 Å². The van der Waals surface area contributed by atoms with Gasteiger partial charge in [0.1, 0.15) is 5.82 Å². The molecular weight excluding hydrogens is 290 g/mol. The summed E-state index contributed by atoms with van der Waals surface area (Å²) in [4.78, 5) is 11.7. The summed E-state index contributed by atoms with van der Waals surface area (Å²) in [5.74, 6) is -0.424. The number of anilines is 2. The van der Waals surface area contributed by atoms with Gasteiger partial charge in [0.25, 0.3) is 0 Å². The lowest BCUT2D eigenvalue weighted by Gasteiger charge is -2.08. The molecule has 0 aliphatic heterocycles. The number of hydrogen-bond donors (Lipinski definition) is 2. The summed E-state index contributed by atoms with van der Waals surface area (Å²) >= 11 is 11.6. The first kappa shape index (κ1) is 13.6. The Kier molecular flexibility index (Phi) is 4.24. The number of benzene rings is 2. The maximum atomic E-state index is 12.9. The van der Waals surface area contributed by atoms with Crippen molar-refractivity contribution in [3.8, 4) is 0 Å². The van der Waals surface area contributed by atoms with E-state index in [9.17, 15) is 9.18 Å². The zero-order valence-corrected chi connectivity index (χ0v) is 11.1. The lowest BCUT2D eigenvalue weighted by atomic mass is 10.3. The molecule has 2 aromatic carbocycles. The van der Waals surface area contributed by atoms with Crippen molar-refractivity contribution in [2.24, 2.45) is 0 Å². The van der Waals surface area contributed by atoms with E-state index in [0.29, 0.717) is 21.4 Å². The molecule has 19 heavy (non-hydrogen) atoms. The van der Waals surface area contributed by atoms with E-state index in [-0.39, 0.29) is 0 Å². The van der Waals surface area contributed by atoms with Gasteiger partial charge in [-0.25, -0.2) is 9.18 Å². The van der Waals surface area contributed by atoms with Gasteiger partial charge >= 0.3 is 6.03 Å². The maximum absolute atomic E-state index is 12.9. The zero-order chi connectivity index (χ0) is 13.8. The molecule has 0 saturated carbocycles. The normalized spacial score (nSPS) is 10.1. The first-order chi connectivity index (χ1) is 9.04. The number of nitrogens with one attached hydrogen (secondary N) is 2. The van der Waals surface area contributed by atoms with Crippen LogP contribution >= 0.6 is 23.2 Å². The van der Waals surface area contributed by atoms with Crippen LogP contribution in [0.2, 0.25) is 10.0 Å². The van der Waals surface area contributed by atoms with E-state index < -0.39 is 11.8 Å². The molecule has 0 atom stereocenters. The number of rotatable bonds is 2. The highest BCUT2D eigenvalue weighted by Gasteiger charge is 2.05. The highest BCUT2D eigenvalue weighted by Crippen LogP contribution is 2.25. The number of carbonyl (C=O) groups is 1. The van der Waals surface area contributed by atoms with Gasteiger partial charge in [-0.3, -0.25) is 0 Å². The standard InChI is InChI=1S/C13H9Cl2FN2O/c14-11-5-4-10(7-12(11)15)18-13(19)17-9-3-1-2-8(16)6-9/h1-7H,(H2,17,18,19). The molecule has 2 amide bonds. The van der Waals surface area contributed by atoms with Crippen LogP contribution in [0.4, 0.5) is 20.6 Å². The maximum Gasteiger partial charge on any atom is 0.323 e. The van der Waals surface area contributed by atoms with E-state index in [4.69, 9.17) is 23.2 Å². The molecule has 0 bridgehead atoms. The van der Waals surface area contributed by atoms with Gasteiger partial charge in [0.05, 0.1) is 10.0 Å². The van der Waals surface area contributed by atoms with Gasteiger partial charge in [-0.1, -0.05) is 29.3 Å². The van der Waals surface area contributed by atoms with Crippen LogP contribution in [0.3, 0.4) is 0 Å². The molecule has 98 valence electrons. The van der Waals surface area contributed by atoms with Crippen LogP contribution in [-0.2, 0) is 0 Å². The topological polar surface area (TPSA) is 41.1 Å². The van der Waals surface area contributed by atoms with Gasteiger partial charge in [0.2, 0.25) is 0 Å². The molecule has 0 unspecified atom stereocenters. The molecule has 3 nitrogen and oxygen atoms in total. The fraction of sp³-hybridized carbons (Fsp3) is 0. The molecule has 6 heteroatoms. The lowest BCUT2D eigenvalue weighted by molar-refractivity contribution is 0.262. The number of carbonyl (C=O) groups excluding carboxylic acids is 1. The van der Waals surface area contributed by atoms with Crippen molar-refractivity contribution in [2.75, 3.05) is 10.6 Å². The summed E-state index contributed by atoms with van der Waals surface area (Å²) < 4.78 is 12.9. The second kappa shape index (κ2) is 5.91. The highest BCUT2D eigenvalue weighted by molar-refractivity contribution is 6.42. The molecule has 0 fully saturated rings. The van der Waals surface area contributed by atoms with Crippen molar-refractivity contribution in [3.63, 3.8) is 0 Å². The Morgan fingerprint density at radius 2 is 1.63 bits per heavy atom. The minimum Gasteiger partial charge on any atom is -0.308 e. The van der Waals surface area contributed by atoms with Crippen LogP contribution in [0.1, 0.15) is 0 Å². The van der Waals surface area contributed by atoms with Crippen LogP contribution in [-0.4, -0.2) is 6.03 Å². The largest absolute Gasteiger partial charge is 0.323 e. The fourth-order valence-electron chi connectivity index (χ4n) is 1.43. The monoisotopic (exact) mass is 298 g/mol. The Morgan fingerprint density at radius 3 is 2.26 bits per heavy atom. The van der Waals surface area contributed by atoms with Gasteiger partial charge in [0.15, 0.2) is 0 Å². The van der Waals surface area contributed by atoms with Crippen LogP contribution < -0.4 is 10.6 Å². The second-order valence-electron chi connectivity index (χ2n) is 3.72. The Labute approximate surface area is 119 Å². The summed E-state index contributed by atoms with van der Waals surface area (Å²) in [6.45, 7) is 0. The smallest absolute Gasteiger partial charge is 0.308 e. The zero-order valence-electron chi connectivity index (χ0n) is 9.58. The minimum atomic E-state index is -0.496. The number of amides is 2. The minimum absolute atomic E-state index is 0.338. The van der Waals surface area contributed by atoms with E-state index in [1.165, 1.54) is 24.3 Å². The van der Waals surface area contributed by atoms with E-state index >= 15 is 0 Å². The highest BCUT2D eigenvalue weighted by atomic mass is 35.5. The molecule has 0 aliphatic carbocycles. The summed E-state index contributed by atoms with van der Waals surface area (Å²) in [6, 6.07) is 9.80. The predicted octanol–water partition coefficient (Wildman–Crippen LogP) is 4.78. The summed E-state index contributed by atoms with van der Waals surface area (Å²) in [5.41, 5.74) is 0.848. The molecular formula is C13H9Cl2FN2O. The van der Waals surface area contributed by atoms with Gasteiger partial charge in [-0.05, 0) is 36.4 Å². The van der Waals surface area contributed by atoms with E-state index in [1.807, 2.05) is 0 Å². The third-order valence-corrected chi connectivity index (χ3v) is 3.00. The Balaban J connectivity index is 2.03. The molecule has 0 heterocycles. The average molecular weight is 299 g/mol. The third-order valence-electron chi connectivity index (χ3n) is 2.26. The molecule has 0 saturated heterocycles. The lowest BCUT2D eigenvalue weighted by Crippen LogP contribution is -2.19. The molecule has 2 rings (SSSR count). The fourth-order valence-corrected chi connectivity index (χ4v) is 1.73. The van der Waals surface area contributed by atoms with Gasteiger partial charge < -0.3 is 10.6 Å². The van der Waals surface area contributed by atoms with E-state index in [2.05, 4.69) is 10.6 Å². The number of hydrogen-bond acceptors (Lipinski definition) is 1. The van der Waals surface area contributed by atoms with Gasteiger partial charge in [0, 0.05) is 11.4 Å².